The van der Waals surface area contributed by atoms with Gasteiger partial charge in [0.1, 0.15) is 0 Å². The summed E-state index contributed by atoms with van der Waals surface area (Å²) in [7, 11) is 0. The van der Waals surface area contributed by atoms with Gasteiger partial charge in [0.15, 0.2) is 0 Å². The number of amides is 2. The largest absolute Gasteiger partial charge is 0.276 e. The molecule has 2 amide bonds. The molecular formula is C12H10Cl2N2O2. The molecule has 6 heteroatoms. The van der Waals surface area contributed by atoms with Crippen LogP contribution in [-0.4, -0.2) is 45.7 Å². The Morgan fingerprint density at radius 2 is 1.39 bits per heavy atom. The van der Waals surface area contributed by atoms with Crippen LogP contribution in [0.2, 0.25) is 0 Å². The van der Waals surface area contributed by atoms with Crippen LogP contribution in [0.3, 0.4) is 0 Å². The number of hydrogen-bond acceptors (Lipinski definition) is 3. The first kappa shape index (κ1) is 12.0. The van der Waals surface area contributed by atoms with E-state index in [0.29, 0.717) is 22.9 Å². The van der Waals surface area contributed by atoms with Gasteiger partial charge in [0.2, 0.25) is 0 Å². The Morgan fingerprint density at radius 3 is 1.78 bits per heavy atom. The van der Waals surface area contributed by atoms with Crippen molar-refractivity contribution in [2.24, 2.45) is 0 Å². The third-order valence-corrected chi connectivity index (χ3v) is 3.99. The molecule has 0 saturated carbocycles. The first-order valence-corrected chi connectivity index (χ1v) is 6.65. The zero-order valence-electron chi connectivity index (χ0n) is 9.35. The van der Waals surface area contributed by atoms with Crippen molar-refractivity contribution in [1.29, 1.82) is 0 Å². The third kappa shape index (κ3) is 1.49. The molecule has 0 aromatic heterocycles. The van der Waals surface area contributed by atoms with Gasteiger partial charge in [-0.3, -0.25) is 9.59 Å². The van der Waals surface area contributed by atoms with Gasteiger partial charge in [-0.2, -0.15) is 5.01 Å². The second-order valence-corrected chi connectivity index (χ2v) is 4.91. The van der Waals surface area contributed by atoms with E-state index in [-0.39, 0.29) is 23.9 Å². The number of carbonyl (C=O) groups is 2. The van der Waals surface area contributed by atoms with Crippen molar-refractivity contribution in [3.63, 3.8) is 0 Å². The molecule has 0 aliphatic carbocycles. The van der Waals surface area contributed by atoms with E-state index in [1.165, 1.54) is 5.01 Å². The van der Waals surface area contributed by atoms with Crippen LogP contribution in [0.25, 0.3) is 0 Å². The molecule has 0 radical (unpaired) electrons. The standard InChI is InChI=1S/C12H10Cl2N2O2/c13-5-9-10(6-14)15(9)16-11(17)7-3-1-2-4-8(7)12(16)18/h1-4,9-10H,5-6H2/t9-,10+,15?. The van der Waals surface area contributed by atoms with Crippen LogP contribution in [0.15, 0.2) is 24.3 Å². The van der Waals surface area contributed by atoms with Gasteiger partial charge in [-0.15, -0.1) is 23.2 Å². The van der Waals surface area contributed by atoms with Crippen molar-refractivity contribution >= 4 is 35.0 Å². The molecule has 1 unspecified atom stereocenters. The van der Waals surface area contributed by atoms with Gasteiger partial charge in [-0.05, 0) is 12.1 Å². The molecule has 1 saturated heterocycles. The highest BCUT2D eigenvalue weighted by Crippen LogP contribution is 2.37. The molecular weight excluding hydrogens is 275 g/mol. The number of fused-ring (bicyclic) bond motifs is 1. The number of alkyl halides is 2. The predicted molar refractivity (Wildman–Crippen MR) is 67.8 cm³/mol. The Labute approximate surface area is 114 Å². The van der Waals surface area contributed by atoms with Crippen molar-refractivity contribution < 1.29 is 9.59 Å². The maximum atomic E-state index is 12.2. The minimum Gasteiger partial charge on any atom is -0.267 e. The Kier molecular flexibility index (Phi) is 2.81. The Balaban J connectivity index is 1.94. The van der Waals surface area contributed by atoms with Crippen LogP contribution in [-0.2, 0) is 0 Å². The smallest absolute Gasteiger partial charge is 0.267 e. The topological polar surface area (TPSA) is 40.4 Å². The quantitative estimate of drug-likeness (QED) is 0.482. The molecule has 0 N–H and O–H groups in total. The monoisotopic (exact) mass is 284 g/mol. The summed E-state index contributed by atoms with van der Waals surface area (Å²) in [6.45, 7) is 0. The van der Waals surface area contributed by atoms with E-state index < -0.39 is 0 Å². The average Bonchev–Trinajstić information content (AvgIpc) is 3.05. The fourth-order valence-corrected chi connectivity index (χ4v) is 3.04. The number of hydrogen-bond donors (Lipinski definition) is 0. The highest BCUT2D eigenvalue weighted by molar-refractivity contribution is 6.22. The summed E-state index contributed by atoms with van der Waals surface area (Å²) in [5, 5.41) is 2.84. The fourth-order valence-electron chi connectivity index (χ4n) is 2.35. The van der Waals surface area contributed by atoms with E-state index in [1.54, 1.807) is 29.3 Å². The zero-order chi connectivity index (χ0) is 12.9. The van der Waals surface area contributed by atoms with E-state index >= 15 is 0 Å². The van der Waals surface area contributed by atoms with Gasteiger partial charge in [-0.25, -0.2) is 5.01 Å². The van der Waals surface area contributed by atoms with Crippen LogP contribution in [0.4, 0.5) is 0 Å². The lowest BCUT2D eigenvalue weighted by molar-refractivity contribution is 0.0353. The molecule has 2 aliphatic rings. The lowest BCUT2D eigenvalue weighted by Gasteiger charge is -2.15. The first-order valence-electron chi connectivity index (χ1n) is 5.58. The number of benzene rings is 1. The summed E-state index contributed by atoms with van der Waals surface area (Å²) in [6, 6.07) is 6.73. The molecule has 3 rings (SSSR count). The number of rotatable bonds is 3. The summed E-state index contributed by atoms with van der Waals surface area (Å²) < 4.78 is 0. The van der Waals surface area contributed by atoms with Gasteiger partial charge in [0.25, 0.3) is 11.8 Å². The van der Waals surface area contributed by atoms with Crippen molar-refractivity contribution in [1.82, 2.24) is 10.0 Å². The van der Waals surface area contributed by atoms with Crippen LogP contribution in [0.5, 0.6) is 0 Å². The summed E-state index contributed by atoms with van der Waals surface area (Å²) >= 11 is 11.6. The summed E-state index contributed by atoms with van der Waals surface area (Å²) in [6.07, 6.45) is 0. The van der Waals surface area contributed by atoms with Crippen molar-refractivity contribution in [3.8, 4) is 0 Å². The normalized spacial score (nSPS) is 29.7. The van der Waals surface area contributed by atoms with E-state index in [2.05, 4.69) is 0 Å². The van der Waals surface area contributed by atoms with Gasteiger partial charge < -0.3 is 0 Å². The van der Waals surface area contributed by atoms with E-state index in [4.69, 9.17) is 23.2 Å². The minimum atomic E-state index is -0.293. The van der Waals surface area contributed by atoms with Crippen molar-refractivity contribution in [3.05, 3.63) is 35.4 Å². The number of carbonyl (C=O) groups excluding carboxylic acids is 2. The zero-order valence-corrected chi connectivity index (χ0v) is 10.9. The third-order valence-electron chi connectivity index (χ3n) is 3.35. The van der Waals surface area contributed by atoms with Crippen LogP contribution in [0.1, 0.15) is 20.7 Å². The molecule has 1 aromatic carbocycles. The van der Waals surface area contributed by atoms with Crippen LogP contribution >= 0.6 is 23.2 Å². The van der Waals surface area contributed by atoms with E-state index in [1.807, 2.05) is 0 Å². The maximum Gasteiger partial charge on any atom is 0.276 e. The highest BCUT2D eigenvalue weighted by atomic mass is 35.5. The summed E-state index contributed by atoms with van der Waals surface area (Å²) in [5.74, 6) is 0.118. The summed E-state index contributed by atoms with van der Waals surface area (Å²) in [4.78, 5) is 24.4. The Bertz CT molecular complexity index is 490. The van der Waals surface area contributed by atoms with Gasteiger partial charge in [0, 0.05) is 11.8 Å². The van der Waals surface area contributed by atoms with Gasteiger partial charge >= 0.3 is 0 Å². The van der Waals surface area contributed by atoms with Crippen LogP contribution in [0, 0.1) is 0 Å². The molecule has 0 bridgehead atoms. The molecule has 1 fully saturated rings. The lowest BCUT2D eigenvalue weighted by atomic mass is 10.1. The molecule has 3 atom stereocenters. The maximum absolute atomic E-state index is 12.2. The lowest BCUT2D eigenvalue weighted by Crippen LogP contribution is -2.37. The molecule has 1 aromatic rings. The second-order valence-electron chi connectivity index (χ2n) is 4.29. The number of halogens is 2. The number of nitrogens with zero attached hydrogens (tertiary/aromatic N) is 2. The molecule has 18 heavy (non-hydrogen) atoms. The predicted octanol–water partition coefficient (Wildman–Crippen LogP) is 1.73. The van der Waals surface area contributed by atoms with Crippen LogP contribution < -0.4 is 0 Å². The van der Waals surface area contributed by atoms with Gasteiger partial charge in [-0.1, -0.05) is 12.1 Å². The van der Waals surface area contributed by atoms with Gasteiger partial charge in [0.05, 0.1) is 23.2 Å². The molecule has 94 valence electrons. The minimum absolute atomic E-state index is 0.0358. The van der Waals surface area contributed by atoms with E-state index in [9.17, 15) is 9.59 Å². The van der Waals surface area contributed by atoms with Crippen molar-refractivity contribution in [2.75, 3.05) is 11.8 Å². The SMILES string of the molecule is O=C1c2ccccc2C(=O)N1N1[C@H](CCl)[C@@H]1CCl. The molecule has 0 spiro atoms. The molecule has 2 aliphatic heterocycles. The average molecular weight is 285 g/mol. The second kappa shape index (κ2) is 4.23. The fraction of sp³-hybridized carbons (Fsp3) is 0.333. The van der Waals surface area contributed by atoms with E-state index in [0.717, 1.165) is 0 Å². The number of imide groups is 1. The van der Waals surface area contributed by atoms with Crippen molar-refractivity contribution in [2.45, 2.75) is 12.1 Å². The highest BCUT2D eigenvalue weighted by Gasteiger charge is 2.56. The Morgan fingerprint density at radius 1 is 0.944 bits per heavy atom. The number of hydrazine groups is 1. The first-order chi connectivity index (χ1) is 8.70. The molecule has 4 nitrogen and oxygen atoms in total. The molecule has 2 heterocycles. The summed E-state index contributed by atoms with van der Waals surface area (Å²) in [5.41, 5.74) is 0.882. The Hall–Kier alpha value is -1.10.